The summed E-state index contributed by atoms with van der Waals surface area (Å²) in [4.78, 5) is 0. The molecule has 3 aromatic rings. The summed E-state index contributed by atoms with van der Waals surface area (Å²) in [5.41, 5.74) is 18.3. The van der Waals surface area contributed by atoms with Crippen LogP contribution in [-0.4, -0.2) is 3.21 Å². The van der Waals surface area contributed by atoms with Crippen molar-refractivity contribution < 1.29 is 46.1 Å². The summed E-state index contributed by atoms with van der Waals surface area (Å²) in [5, 5.41) is 0. The van der Waals surface area contributed by atoms with Gasteiger partial charge >= 0.3 is 295 Å². The Hall–Kier alpha value is -2.05. The average molecular weight is 769 g/mol. The molecular formula is C46H54Cl2Zr. The smallest absolute Gasteiger partial charge is 1.00 e. The number of benzene rings is 3. The molecule has 49 heavy (non-hydrogen) atoms. The van der Waals surface area contributed by atoms with Gasteiger partial charge in [0.25, 0.3) is 0 Å². The van der Waals surface area contributed by atoms with Crippen molar-refractivity contribution in [2.45, 2.75) is 110 Å². The van der Waals surface area contributed by atoms with E-state index in [1.165, 1.54) is 69.4 Å². The van der Waals surface area contributed by atoms with Gasteiger partial charge in [-0.05, 0) is 0 Å². The molecule has 4 aliphatic carbocycles. The molecule has 0 saturated carbocycles. The van der Waals surface area contributed by atoms with Crippen LogP contribution in [-0.2, 0) is 32.1 Å². The van der Waals surface area contributed by atoms with Crippen LogP contribution in [0.25, 0.3) is 22.3 Å². The Balaban J connectivity index is 0.00000234. The zero-order valence-electron chi connectivity index (χ0n) is 31.5. The average Bonchev–Trinajstić information content (AvgIpc) is 3.70. The Bertz CT molecular complexity index is 1890. The molecule has 0 nitrogen and oxygen atoms in total. The third-order valence-electron chi connectivity index (χ3n) is 11.7. The zero-order valence-corrected chi connectivity index (χ0v) is 35.5. The van der Waals surface area contributed by atoms with Gasteiger partial charge in [-0.1, -0.05) is 0 Å². The Labute approximate surface area is 317 Å². The van der Waals surface area contributed by atoms with E-state index >= 15 is 0 Å². The predicted molar refractivity (Wildman–Crippen MR) is 202 cm³/mol. The number of unbranched alkanes of at least 4 members (excludes halogenated alkanes) is 1. The standard InChI is InChI=1S/C25H25.C13H21.C8H8.2ClH.Zr/c1-14-12-24(3,4)22-8-16-7-17-9-23-19(15(2)13-25(23,5)6)11-21(17)20(16)10-18(14)22;1-5-6-7-11-8-9-12(10-11)13(2,3)4;1-2-8-6-4-3-5-7-8;;;/h7-13H,1-6H3;9-11H,5-7H2,1-4H3;3-7H,1H3;2*1H;/q;;;;;+2/p-2. The molecule has 0 aromatic heterocycles. The Morgan fingerprint density at radius 3 is 1.73 bits per heavy atom. The minimum absolute atomic E-state index is 0. The molecule has 0 bridgehead atoms. The van der Waals surface area contributed by atoms with E-state index in [1.807, 2.05) is 3.28 Å². The van der Waals surface area contributed by atoms with Crippen molar-refractivity contribution in [3.8, 4) is 11.1 Å². The van der Waals surface area contributed by atoms with E-state index in [-0.39, 0.29) is 41.1 Å². The van der Waals surface area contributed by atoms with Crippen molar-refractivity contribution in [3.05, 3.63) is 127 Å². The summed E-state index contributed by atoms with van der Waals surface area (Å²) in [6.45, 7) is 26.4. The van der Waals surface area contributed by atoms with Crippen LogP contribution >= 0.6 is 0 Å². The van der Waals surface area contributed by atoms with Gasteiger partial charge in [0.15, 0.2) is 0 Å². The van der Waals surface area contributed by atoms with E-state index in [2.05, 4.69) is 155 Å². The number of rotatable bonds is 6. The second kappa shape index (κ2) is 13.5. The molecule has 0 saturated heterocycles. The summed E-state index contributed by atoms with van der Waals surface area (Å²) in [5.74, 6) is 0.550. The topological polar surface area (TPSA) is 0 Å². The molecule has 0 fully saturated rings. The molecule has 3 aromatic carbocycles. The first-order valence-corrected chi connectivity index (χ1v) is 22.0. The summed E-state index contributed by atoms with van der Waals surface area (Å²) in [6, 6.07) is 22.0. The molecule has 4 aliphatic rings. The van der Waals surface area contributed by atoms with Crippen LogP contribution in [0.2, 0.25) is 0 Å². The third-order valence-corrected chi connectivity index (χ3v) is 20.2. The van der Waals surface area contributed by atoms with Gasteiger partial charge < -0.3 is 24.8 Å². The quantitative estimate of drug-likeness (QED) is 0.263. The molecule has 0 amide bonds. The molecule has 1 unspecified atom stereocenters. The Morgan fingerprint density at radius 2 is 1.27 bits per heavy atom. The molecular weight excluding hydrogens is 715 g/mol. The first-order valence-electron chi connectivity index (χ1n) is 18.1. The van der Waals surface area contributed by atoms with Crippen molar-refractivity contribution in [2.75, 3.05) is 0 Å². The van der Waals surface area contributed by atoms with E-state index < -0.39 is 21.3 Å². The van der Waals surface area contributed by atoms with Crippen molar-refractivity contribution in [3.63, 3.8) is 0 Å². The second-order valence-electron chi connectivity index (χ2n) is 17.1. The minimum Gasteiger partial charge on any atom is -1.00 e. The number of allylic oxidation sites excluding steroid dienone is 8. The fraction of sp³-hybridized carbons (Fsp3) is 0.413. The monoisotopic (exact) mass is 766 g/mol. The number of hydrogen-bond donors (Lipinski definition) is 0. The van der Waals surface area contributed by atoms with Gasteiger partial charge in [-0.15, -0.1) is 0 Å². The van der Waals surface area contributed by atoms with Gasteiger partial charge in [0.05, 0.1) is 0 Å². The van der Waals surface area contributed by atoms with E-state index in [1.54, 1.807) is 19.9 Å². The maximum Gasteiger partial charge on any atom is -1.00 e. The molecule has 3 heteroatoms. The summed E-state index contributed by atoms with van der Waals surface area (Å²) >= 11 is -2.69. The third kappa shape index (κ3) is 6.38. The van der Waals surface area contributed by atoms with Crippen LogP contribution in [0.5, 0.6) is 0 Å². The van der Waals surface area contributed by atoms with Crippen molar-refractivity contribution in [1.82, 2.24) is 0 Å². The molecule has 1 atom stereocenters. The predicted octanol–water partition coefficient (Wildman–Crippen LogP) is 6.69. The van der Waals surface area contributed by atoms with Crippen molar-refractivity contribution in [1.29, 1.82) is 0 Å². The molecule has 0 radical (unpaired) electrons. The molecule has 0 heterocycles. The van der Waals surface area contributed by atoms with Crippen LogP contribution in [0.4, 0.5) is 0 Å². The molecule has 7 rings (SSSR count). The van der Waals surface area contributed by atoms with Gasteiger partial charge in [-0.25, -0.2) is 0 Å². The van der Waals surface area contributed by atoms with Crippen LogP contribution in [0.3, 0.4) is 0 Å². The molecule has 256 valence electrons. The normalized spacial score (nSPS) is 19.7. The number of hydrogen-bond acceptors (Lipinski definition) is 0. The van der Waals surface area contributed by atoms with E-state index in [4.69, 9.17) is 0 Å². The Kier molecular flexibility index (Phi) is 10.5. The summed E-state index contributed by atoms with van der Waals surface area (Å²) in [7, 11) is 0. The zero-order chi connectivity index (χ0) is 33.6. The molecule has 0 spiro atoms. The van der Waals surface area contributed by atoms with Crippen molar-refractivity contribution in [2.24, 2.45) is 11.3 Å². The van der Waals surface area contributed by atoms with Crippen LogP contribution in [0.1, 0.15) is 138 Å². The van der Waals surface area contributed by atoms with Crippen LogP contribution in [0, 0.1) is 11.3 Å². The van der Waals surface area contributed by atoms with Crippen LogP contribution in [0.15, 0.2) is 87.8 Å². The van der Waals surface area contributed by atoms with E-state index in [0.29, 0.717) is 9.54 Å². The van der Waals surface area contributed by atoms with E-state index in [9.17, 15) is 0 Å². The minimum atomic E-state index is -2.69. The summed E-state index contributed by atoms with van der Waals surface area (Å²) in [6.07, 6.45) is 14.2. The molecule has 0 aliphatic heterocycles. The van der Waals surface area contributed by atoms with Crippen molar-refractivity contribution >= 4 is 14.4 Å². The molecule has 0 N–H and O–H groups in total. The van der Waals surface area contributed by atoms with Gasteiger partial charge in [0.2, 0.25) is 0 Å². The fourth-order valence-electron chi connectivity index (χ4n) is 9.25. The van der Waals surface area contributed by atoms with Gasteiger partial charge in [0, 0.05) is 0 Å². The first-order chi connectivity index (χ1) is 22.1. The summed E-state index contributed by atoms with van der Waals surface area (Å²) < 4.78 is 3.96. The Morgan fingerprint density at radius 1 is 0.755 bits per heavy atom. The SMILES string of the molecule is CCCCC1C=C(C(C)(C)C)C=[C]1/[Zr+2](=[C](/C)c1ccccc1)[CH]1c2cc3c(cc2-c2cc4c(cc21)C(C)(C)C=C4C)C(C)=CC3(C)C.[Cl-].[Cl-]. The van der Waals surface area contributed by atoms with Gasteiger partial charge in [0.1, 0.15) is 0 Å². The second-order valence-corrected chi connectivity index (χ2v) is 23.8. The van der Waals surface area contributed by atoms with E-state index in [0.717, 1.165) is 0 Å². The number of fused-ring (bicyclic) bond motifs is 5. The maximum absolute atomic E-state index is 2.73. The fourth-order valence-corrected chi connectivity index (χ4v) is 18.4. The van der Waals surface area contributed by atoms with Gasteiger partial charge in [-0.3, -0.25) is 0 Å². The van der Waals surface area contributed by atoms with Crippen LogP contribution < -0.4 is 24.8 Å². The van der Waals surface area contributed by atoms with Gasteiger partial charge in [-0.2, -0.15) is 0 Å². The first kappa shape index (κ1) is 38.2. The maximum atomic E-state index is 2.73. The largest absolute Gasteiger partial charge is 1.00 e. The number of halogens is 2.